The molecule has 3 amide bonds. The Hall–Kier alpha value is -2.33. The van der Waals surface area contributed by atoms with Crippen molar-refractivity contribution in [1.82, 2.24) is 14.5 Å². The van der Waals surface area contributed by atoms with Crippen molar-refractivity contribution in [3.63, 3.8) is 0 Å². The molecule has 2 aliphatic heterocycles. The van der Waals surface area contributed by atoms with Crippen LogP contribution in [0.15, 0.2) is 24.3 Å². The summed E-state index contributed by atoms with van der Waals surface area (Å²) in [5.41, 5.74) is 1.52. The van der Waals surface area contributed by atoms with Gasteiger partial charge in [-0.05, 0) is 30.5 Å². The summed E-state index contributed by atoms with van der Waals surface area (Å²) in [6.45, 7) is 2.28. The summed E-state index contributed by atoms with van der Waals surface area (Å²) < 4.78 is 30.3. The van der Waals surface area contributed by atoms with Crippen molar-refractivity contribution < 1.29 is 22.7 Å². The zero-order valence-corrected chi connectivity index (χ0v) is 16.0. The number of urea groups is 1. The van der Waals surface area contributed by atoms with Crippen LogP contribution >= 0.6 is 0 Å². The van der Waals surface area contributed by atoms with Crippen LogP contribution in [0.25, 0.3) is 0 Å². The molecule has 1 aromatic rings. The number of carbonyl (C=O) groups excluding carboxylic acids is 2. The van der Waals surface area contributed by atoms with Crippen LogP contribution in [0.4, 0.5) is 15.3 Å². The maximum absolute atomic E-state index is 12.5. The summed E-state index contributed by atoms with van der Waals surface area (Å²) in [5.74, 6) is 0. The Kier molecular flexibility index (Phi) is 5.85. The third-order valence-electron chi connectivity index (χ3n) is 4.49. The second-order valence-corrected chi connectivity index (χ2v) is 8.62. The number of ether oxygens (including phenoxy) is 1. The highest BCUT2D eigenvalue weighted by Gasteiger charge is 2.26. The maximum atomic E-state index is 12.5. The van der Waals surface area contributed by atoms with Crippen LogP contribution in [0.3, 0.4) is 0 Å². The zero-order valence-electron chi connectivity index (χ0n) is 15.2. The summed E-state index contributed by atoms with van der Waals surface area (Å²) in [5, 5.41) is 2.85. The number of piperidine rings is 1. The molecule has 10 heteroatoms. The molecule has 1 aromatic carbocycles. The average Bonchev–Trinajstić information content (AvgIpc) is 2.99. The summed E-state index contributed by atoms with van der Waals surface area (Å²) >= 11 is 0. The van der Waals surface area contributed by atoms with Gasteiger partial charge in [0, 0.05) is 31.4 Å². The number of amides is 3. The number of anilines is 1. The summed E-state index contributed by atoms with van der Waals surface area (Å²) in [4.78, 5) is 27.3. The molecule has 9 nitrogen and oxygen atoms in total. The smallest absolute Gasteiger partial charge is 0.410 e. The van der Waals surface area contributed by atoms with E-state index in [2.05, 4.69) is 10.0 Å². The van der Waals surface area contributed by atoms with E-state index in [1.807, 2.05) is 18.2 Å². The Morgan fingerprint density at radius 2 is 2.15 bits per heavy atom. The van der Waals surface area contributed by atoms with Crippen LogP contribution in [-0.4, -0.2) is 68.9 Å². The van der Waals surface area contributed by atoms with E-state index in [4.69, 9.17) is 4.74 Å². The number of hydrogen-bond donors (Lipinski definition) is 2. The molecule has 2 fully saturated rings. The van der Waals surface area contributed by atoms with E-state index in [0.717, 1.165) is 18.2 Å². The number of rotatable bonds is 5. The molecule has 0 aliphatic carbocycles. The van der Waals surface area contributed by atoms with Crippen molar-refractivity contribution >= 4 is 27.8 Å². The Morgan fingerprint density at radius 3 is 2.85 bits per heavy atom. The number of sulfonamides is 1. The van der Waals surface area contributed by atoms with E-state index >= 15 is 0 Å². The number of hydrogen-bond acceptors (Lipinski definition) is 5. The Labute approximate surface area is 158 Å². The Bertz CT molecular complexity index is 813. The minimum Gasteiger partial charge on any atom is -0.448 e. The van der Waals surface area contributed by atoms with Crippen LogP contribution in [0.2, 0.25) is 0 Å². The molecule has 2 N–H and O–H groups in total. The molecular weight excluding hydrogens is 372 g/mol. The highest BCUT2D eigenvalue weighted by molar-refractivity contribution is 7.88. The van der Waals surface area contributed by atoms with Gasteiger partial charge in [-0.25, -0.2) is 22.7 Å². The van der Waals surface area contributed by atoms with Crippen molar-refractivity contribution in [2.45, 2.75) is 25.4 Å². The number of likely N-dealkylation sites (tertiary alicyclic amines) is 1. The topological polar surface area (TPSA) is 108 Å². The van der Waals surface area contributed by atoms with Crippen molar-refractivity contribution in [1.29, 1.82) is 0 Å². The lowest BCUT2D eigenvalue weighted by molar-refractivity contribution is 0.157. The van der Waals surface area contributed by atoms with Gasteiger partial charge in [-0.2, -0.15) is 0 Å². The fourth-order valence-corrected chi connectivity index (χ4v) is 4.10. The fraction of sp³-hybridized carbons (Fsp3) is 0.529. The first kappa shape index (κ1) is 19.4. The molecular formula is C17H24N4O5S. The lowest BCUT2D eigenvalue weighted by Crippen LogP contribution is -2.50. The first-order valence-corrected chi connectivity index (χ1v) is 10.7. The first-order valence-electron chi connectivity index (χ1n) is 8.84. The van der Waals surface area contributed by atoms with Gasteiger partial charge in [0.15, 0.2) is 0 Å². The van der Waals surface area contributed by atoms with Crippen molar-refractivity contribution in [3.8, 4) is 0 Å². The quantitative estimate of drug-likeness (QED) is 0.777. The average molecular weight is 396 g/mol. The number of nitrogens with zero attached hydrogens (tertiary/aromatic N) is 2. The summed E-state index contributed by atoms with van der Waals surface area (Å²) in [6, 6.07) is 6.75. The molecule has 2 heterocycles. The van der Waals surface area contributed by atoms with Crippen LogP contribution in [0.1, 0.15) is 18.4 Å². The predicted octanol–water partition coefficient (Wildman–Crippen LogP) is 1.18. The van der Waals surface area contributed by atoms with Crippen molar-refractivity contribution in [2.24, 2.45) is 0 Å². The standard InChI is InChI=1S/C17H24N4O5S/c1-27(24,25)19-15-6-3-7-20(12-15)16(22)18-14-5-2-4-13(10-14)11-21-8-9-26-17(21)23/h2,4-5,10,15,19H,3,6-9,11-12H2,1H3,(H,18,22). The zero-order chi connectivity index (χ0) is 19.4. The van der Waals surface area contributed by atoms with Gasteiger partial charge in [-0.3, -0.25) is 0 Å². The molecule has 0 saturated carbocycles. The minimum absolute atomic E-state index is 0.271. The molecule has 0 spiro atoms. The largest absolute Gasteiger partial charge is 0.448 e. The van der Waals surface area contributed by atoms with Gasteiger partial charge < -0.3 is 19.9 Å². The molecule has 0 bridgehead atoms. The second-order valence-electron chi connectivity index (χ2n) is 6.84. The molecule has 2 aliphatic rings. The van der Waals surface area contributed by atoms with Crippen molar-refractivity contribution in [3.05, 3.63) is 29.8 Å². The monoisotopic (exact) mass is 396 g/mol. The predicted molar refractivity (Wildman–Crippen MR) is 99.8 cm³/mol. The number of carbonyl (C=O) groups is 2. The van der Waals surface area contributed by atoms with E-state index in [-0.39, 0.29) is 18.2 Å². The van der Waals surface area contributed by atoms with Crippen LogP contribution in [0, 0.1) is 0 Å². The van der Waals surface area contributed by atoms with E-state index in [1.54, 1.807) is 15.9 Å². The van der Waals surface area contributed by atoms with Crippen molar-refractivity contribution in [2.75, 3.05) is 37.8 Å². The highest BCUT2D eigenvalue weighted by atomic mass is 32.2. The van der Waals surface area contributed by atoms with Crippen LogP contribution in [-0.2, 0) is 21.3 Å². The van der Waals surface area contributed by atoms with Gasteiger partial charge >= 0.3 is 12.1 Å². The number of nitrogens with one attached hydrogen (secondary N) is 2. The minimum atomic E-state index is -3.30. The Morgan fingerprint density at radius 1 is 1.33 bits per heavy atom. The lowest BCUT2D eigenvalue weighted by Gasteiger charge is -2.32. The van der Waals surface area contributed by atoms with Gasteiger partial charge in [-0.15, -0.1) is 0 Å². The second kappa shape index (κ2) is 8.13. The van der Waals surface area contributed by atoms with Gasteiger partial charge in [0.05, 0.1) is 12.8 Å². The lowest BCUT2D eigenvalue weighted by atomic mass is 10.1. The van der Waals surface area contributed by atoms with Crippen LogP contribution in [0.5, 0.6) is 0 Å². The molecule has 0 radical (unpaired) electrons. The van der Waals surface area contributed by atoms with Gasteiger partial charge in [0.25, 0.3) is 0 Å². The molecule has 27 heavy (non-hydrogen) atoms. The maximum Gasteiger partial charge on any atom is 0.410 e. The third kappa shape index (κ3) is 5.57. The number of cyclic esters (lactones) is 1. The van der Waals surface area contributed by atoms with Gasteiger partial charge in [-0.1, -0.05) is 12.1 Å². The van der Waals surface area contributed by atoms with Crippen LogP contribution < -0.4 is 10.0 Å². The van der Waals surface area contributed by atoms with E-state index in [0.29, 0.717) is 44.9 Å². The normalized spacial score (nSPS) is 20.5. The molecule has 1 atom stereocenters. The third-order valence-corrected chi connectivity index (χ3v) is 5.25. The number of benzene rings is 1. The first-order chi connectivity index (χ1) is 12.8. The molecule has 148 valence electrons. The van der Waals surface area contributed by atoms with E-state index < -0.39 is 10.0 Å². The van der Waals surface area contributed by atoms with E-state index in [9.17, 15) is 18.0 Å². The van der Waals surface area contributed by atoms with E-state index in [1.165, 1.54) is 0 Å². The summed E-state index contributed by atoms with van der Waals surface area (Å²) in [6.07, 6.45) is 2.23. The molecule has 2 saturated heterocycles. The molecule has 1 unspecified atom stereocenters. The van der Waals surface area contributed by atoms with Gasteiger partial charge in [0.2, 0.25) is 10.0 Å². The Balaban J connectivity index is 1.58. The molecule has 0 aromatic heterocycles. The highest BCUT2D eigenvalue weighted by Crippen LogP contribution is 2.17. The summed E-state index contributed by atoms with van der Waals surface area (Å²) in [7, 11) is -3.30. The molecule has 3 rings (SSSR count). The van der Waals surface area contributed by atoms with Gasteiger partial charge in [0.1, 0.15) is 6.61 Å². The SMILES string of the molecule is CS(=O)(=O)NC1CCCN(C(=O)Nc2cccc(CN3CCOC3=O)c2)C1. The fourth-order valence-electron chi connectivity index (χ4n) is 3.30.